The number of likely N-dealkylation sites (N-methyl/N-ethyl adjacent to an activating group) is 1. The van der Waals surface area contributed by atoms with Crippen LogP contribution < -0.4 is 0 Å². The van der Waals surface area contributed by atoms with Crippen LogP contribution in [-0.2, 0) is 9.59 Å². The fraction of sp³-hybridized carbons (Fsp3) is 0.800. The highest BCUT2D eigenvalue weighted by atomic mass is 16.4. The minimum Gasteiger partial charge on any atom is -0.480 e. The number of aliphatic carboxylic acids is 1. The van der Waals surface area contributed by atoms with Gasteiger partial charge in [-0.15, -0.1) is 0 Å². The van der Waals surface area contributed by atoms with E-state index in [0.717, 1.165) is 19.4 Å². The number of likely N-dealkylation sites (tertiary alicyclic amines) is 1. The van der Waals surface area contributed by atoms with E-state index in [4.69, 9.17) is 5.11 Å². The Kier molecular flexibility index (Phi) is 4.08. The first-order valence-electron chi connectivity index (χ1n) is 5.18. The Labute approximate surface area is 89.7 Å². The van der Waals surface area contributed by atoms with E-state index in [0.29, 0.717) is 6.54 Å². The summed E-state index contributed by atoms with van der Waals surface area (Å²) < 4.78 is 0. The fourth-order valence-corrected chi connectivity index (χ4v) is 1.94. The van der Waals surface area contributed by atoms with Crippen molar-refractivity contribution in [3.63, 3.8) is 0 Å². The van der Waals surface area contributed by atoms with E-state index in [1.807, 2.05) is 0 Å². The van der Waals surface area contributed by atoms with Gasteiger partial charge in [0.1, 0.15) is 0 Å². The van der Waals surface area contributed by atoms with Crippen LogP contribution in [0.5, 0.6) is 0 Å². The van der Waals surface area contributed by atoms with Crippen LogP contribution in [0.25, 0.3) is 0 Å². The zero-order chi connectivity index (χ0) is 11.4. The van der Waals surface area contributed by atoms with Crippen molar-refractivity contribution in [3.05, 3.63) is 0 Å². The number of carbonyl (C=O) groups is 2. The molecular weight excluding hydrogens is 196 g/mol. The van der Waals surface area contributed by atoms with Gasteiger partial charge in [0, 0.05) is 26.1 Å². The van der Waals surface area contributed by atoms with E-state index >= 15 is 0 Å². The van der Waals surface area contributed by atoms with Crippen LogP contribution in [0, 0.1) is 0 Å². The Morgan fingerprint density at radius 2 is 2.20 bits per heavy atom. The minimum atomic E-state index is -0.822. The van der Waals surface area contributed by atoms with E-state index < -0.39 is 5.97 Å². The molecule has 0 radical (unpaired) electrons. The molecule has 0 aromatic rings. The summed E-state index contributed by atoms with van der Waals surface area (Å²) in [6, 6.07) is 0.179. The number of piperidine rings is 1. The first-order valence-corrected chi connectivity index (χ1v) is 5.18. The smallest absolute Gasteiger partial charge is 0.317 e. The SMILES string of the molecule is CC(=O)N1CCC[C@@H](N(C)CC(=O)O)C1. The van der Waals surface area contributed by atoms with Crippen LogP contribution in [0.15, 0.2) is 0 Å². The summed E-state index contributed by atoms with van der Waals surface area (Å²) in [5.41, 5.74) is 0. The van der Waals surface area contributed by atoms with Crippen LogP contribution in [0.1, 0.15) is 19.8 Å². The largest absolute Gasteiger partial charge is 0.480 e. The number of hydrogen-bond donors (Lipinski definition) is 1. The summed E-state index contributed by atoms with van der Waals surface area (Å²) in [6.07, 6.45) is 1.92. The van der Waals surface area contributed by atoms with E-state index in [-0.39, 0.29) is 18.5 Å². The monoisotopic (exact) mass is 214 g/mol. The van der Waals surface area contributed by atoms with Gasteiger partial charge in [0.2, 0.25) is 5.91 Å². The predicted octanol–water partition coefficient (Wildman–Crippen LogP) is 0.0137. The number of hydrogen-bond acceptors (Lipinski definition) is 3. The molecule has 1 aliphatic rings. The molecular formula is C10H18N2O3. The molecule has 5 heteroatoms. The molecule has 0 aliphatic carbocycles. The van der Waals surface area contributed by atoms with Gasteiger partial charge in [-0.3, -0.25) is 14.5 Å². The normalized spacial score (nSPS) is 21.8. The van der Waals surface area contributed by atoms with Crippen LogP contribution in [0.4, 0.5) is 0 Å². The van der Waals surface area contributed by atoms with Crippen LogP contribution in [-0.4, -0.2) is 59.5 Å². The van der Waals surface area contributed by atoms with Gasteiger partial charge in [-0.1, -0.05) is 0 Å². The lowest BCUT2D eigenvalue weighted by molar-refractivity contribution is -0.139. The lowest BCUT2D eigenvalue weighted by Gasteiger charge is -2.36. The molecule has 0 aromatic carbocycles. The second-order valence-electron chi connectivity index (χ2n) is 4.07. The molecule has 15 heavy (non-hydrogen) atoms. The van der Waals surface area contributed by atoms with E-state index in [9.17, 15) is 9.59 Å². The molecule has 0 unspecified atom stereocenters. The number of rotatable bonds is 3. The van der Waals surface area contributed by atoms with Crippen molar-refractivity contribution in [3.8, 4) is 0 Å². The molecule has 0 saturated carbocycles. The van der Waals surface area contributed by atoms with Gasteiger partial charge < -0.3 is 10.0 Å². The van der Waals surface area contributed by atoms with Gasteiger partial charge in [0.25, 0.3) is 0 Å². The highest BCUT2D eigenvalue weighted by Gasteiger charge is 2.25. The molecule has 5 nitrogen and oxygen atoms in total. The summed E-state index contributed by atoms with van der Waals surface area (Å²) in [7, 11) is 1.79. The highest BCUT2D eigenvalue weighted by Crippen LogP contribution is 2.14. The molecule has 86 valence electrons. The van der Waals surface area contributed by atoms with Gasteiger partial charge >= 0.3 is 5.97 Å². The lowest BCUT2D eigenvalue weighted by atomic mass is 10.0. The third-order valence-electron chi connectivity index (χ3n) is 2.85. The summed E-state index contributed by atoms with van der Waals surface area (Å²) in [5.74, 6) is -0.749. The molecule has 1 aliphatic heterocycles. The molecule has 1 saturated heterocycles. The third kappa shape index (κ3) is 3.51. The van der Waals surface area contributed by atoms with E-state index in [2.05, 4.69) is 0 Å². The molecule has 0 spiro atoms. The van der Waals surface area contributed by atoms with Gasteiger partial charge in [0.15, 0.2) is 0 Å². The molecule has 1 heterocycles. The second-order valence-corrected chi connectivity index (χ2v) is 4.07. The summed E-state index contributed by atoms with van der Waals surface area (Å²) in [4.78, 5) is 25.3. The number of amides is 1. The Balaban J connectivity index is 2.48. The molecule has 0 aromatic heterocycles. The molecule has 1 atom stereocenters. The zero-order valence-electron chi connectivity index (χ0n) is 9.27. The Morgan fingerprint density at radius 3 is 2.73 bits per heavy atom. The first kappa shape index (κ1) is 12.0. The molecule has 1 N–H and O–H groups in total. The lowest BCUT2D eigenvalue weighted by Crippen LogP contribution is -2.49. The minimum absolute atomic E-state index is 0.0381. The number of nitrogens with zero attached hydrogens (tertiary/aromatic N) is 2. The van der Waals surface area contributed by atoms with Crippen LogP contribution >= 0.6 is 0 Å². The molecule has 1 amide bonds. The topological polar surface area (TPSA) is 60.9 Å². The van der Waals surface area contributed by atoms with Gasteiger partial charge in [0.05, 0.1) is 6.54 Å². The van der Waals surface area contributed by atoms with Crippen molar-refractivity contribution in [1.82, 2.24) is 9.80 Å². The predicted molar refractivity (Wildman–Crippen MR) is 55.5 cm³/mol. The highest BCUT2D eigenvalue weighted by molar-refractivity contribution is 5.73. The first-order chi connectivity index (χ1) is 7.00. The van der Waals surface area contributed by atoms with Crippen molar-refractivity contribution >= 4 is 11.9 Å². The summed E-state index contributed by atoms with van der Waals surface area (Å²) in [5, 5.41) is 8.67. The molecule has 1 fully saturated rings. The van der Waals surface area contributed by atoms with Crippen LogP contribution in [0.2, 0.25) is 0 Å². The second kappa shape index (κ2) is 5.11. The average Bonchev–Trinajstić information content (AvgIpc) is 2.17. The number of carboxylic acid groups (broad SMARTS) is 1. The van der Waals surface area contributed by atoms with Crippen molar-refractivity contribution in [2.75, 3.05) is 26.7 Å². The summed E-state index contributed by atoms with van der Waals surface area (Å²) >= 11 is 0. The Morgan fingerprint density at radius 1 is 1.53 bits per heavy atom. The van der Waals surface area contributed by atoms with Gasteiger partial charge in [-0.05, 0) is 19.9 Å². The zero-order valence-corrected chi connectivity index (χ0v) is 9.27. The van der Waals surface area contributed by atoms with E-state index in [1.165, 1.54) is 0 Å². The van der Waals surface area contributed by atoms with Crippen molar-refractivity contribution in [1.29, 1.82) is 0 Å². The van der Waals surface area contributed by atoms with Gasteiger partial charge in [-0.2, -0.15) is 0 Å². The molecule has 1 rings (SSSR count). The van der Waals surface area contributed by atoms with Crippen LogP contribution in [0.3, 0.4) is 0 Å². The quantitative estimate of drug-likeness (QED) is 0.719. The standard InChI is InChI=1S/C10H18N2O3/c1-8(13)12-5-3-4-9(6-12)11(2)7-10(14)15/h9H,3-7H2,1-2H3,(H,14,15)/t9-/m1/s1. The Bertz CT molecular complexity index is 255. The Hall–Kier alpha value is -1.10. The maximum atomic E-state index is 11.2. The van der Waals surface area contributed by atoms with Crippen molar-refractivity contribution < 1.29 is 14.7 Å². The number of carboxylic acids is 1. The maximum Gasteiger partial charge on any atom is 0.317 e. The van der Waals surface area contributed by atoms with Crippen molar-refractivity contribution in [2.45, 2.75) is 25.8 Å². The van der Waals surface area contributed by atoms with Gasteiger partial charge in [-0.25, -0.2) is 0 Å². The average molecular weight is 214 g/mol. The third-order valence-corrected chi connectivity index (χ3v) is 2.85. The summed E-state index contributed by atoms with van der Waals surface area (Å²) in [6.45, 7) is 3.04. The molecule has 0 bridgehead atoms. The van der Waals surface area contributed by atoms with Crippen molar-refractivity contribution in [2.24, 2.45) is 0 Å². The van der Waals surface area contributed by atoms with E-state index in [1.54, 1.807) is 23.8 Å². The fourth-order valence-electron chi connectivity index (χ4n) is 1.94. The maximum absolute atomic E-state index is 11.2. The number of carbonyl (C=O) groups excluding carboxylic acids is 1.